The number of carbonyl (C=O) groups is 1. The summed E-state index contributed by atoms with van der Waals surface area (Å²) in [6, 6.07) is 0. The fraction of sp³-hybridized carbons (Fsp3) is 0.636. The van der Waals surface area contributed by atoms with Crippen LogP contribution in [0.15, 0.2) is 16.9 Å². The van der Waals surface area contributed by atoms with Gasteiger partial charge in [0.1, 0.15) is 11.4 Å². The molecule has 0 unspecified atom stereocenters. The maximum absolute atomic E-state index is 13.2. The molecule has 1 atom stereocenters. The molecule has 0 aromatic carbocycles. The number of carboxylic acid groups (broad SMARTS) is 1. The van der Waals surface area contributed by atoms with Gasteiger partial charge in [-0.25, -0.2) is 4.39 Å². The summed E-state index contributed by atoms with van der Waals surface area (Å²) in [6.45, 7) is 3.15. The Bertz CT molecular complexity index is 325. The molecule has 0 radical (unpaired) electrons. The van der Waals surface area contributed by atoms with Crippen LogP contribution in [0.5, 0.6) is 0 Å². The zero-order valence-corrected chi connectivity index (χ0v) is 10.2. The van der Waals surface area contributed by atoms with E-state index in [-0.39, 0.29) is 19.4 Å². The quantitative estimate of drug-likeness (QED) is 0.463. The molecule has 0 saturated heterocycles. The fourth-order valence-electron chi connectivity index (χ4n) is 1.19. The Labute approximate surface area is 100 Å². The molecule has 0 aromatic rings. The minimum Gasteiger partial charge on any atom is -0.480 e. The number of nitrogens with zero attached hydrogens (tertiary/aromatic N) is 1. The van der Waals surface area contributed by atoms with Gasteiger partial charge in [0.15, 0.2) is 0 Å². The van der Waals surface area contributed by atoms with Crippen LogP contribution in [0.25, 0.3) is 0 Å². The highest BCUT2D eigenvalue weighted by atomic mass is 19.1. The second-order valence-corrected chi connectivity index (χ2v) is 3.96. The van der Waals surface area contributed by atoms with Crippen molar-refractivity contribution >= 4 is 11.8 Å². The van der Waals surface area contributed by atoms with Gasteiger partial charge >= 0.3 is 5.97 Å². The molecule has 0 spiro atoms. The summed E-state index contributed by atoms with van der Waals surface area (Å²) < 4.78 is 13.2. The fourth-order valence-corrected chi connectivity index (χ4v) is 1.19. The van der Waals surface area contributed by atoms with Crippen LogP contribution >= 0.6 is 0 Å². The van der Waals surface area contributed by atoms with Crippen molar-refractivity contribution in [1.29, 1.82) is 0 Å². The number of aliphatic imine (C=N–C) groups is 1. The van der Waals surface area contributed by atoms with Crippen LogP contribution in [0.4, 0.5) is 4.39 Å². The average Bonchev–Trinajstić information content (AvgIpc) is 2.25. The standard InChI is InChI=1S/C11H20FN3O2/c1-3-11(14,10(16)17)6-4-5-9(12)7-15-8(2)13/h5H,3-4,6-7,14H2,1-2H3,(H2,13,15)(H,16,17)/b9-5+/t11-/m0/s1. The number of rotatable bonds is 7. The van der Waals surface area contributed by atoms with Gasteiger partial charge in [0.25, 0.3) is 0 Å². The highest BCUT2D eigenvalue weighted by molar-refractivity contribution is 5.78. The first kappa shape index (κ1) is 15.6. The van der Waals surface area contributed by atoms with Crippen molar-refractivity contribution in [2.45, 2.75) is 38.6 Å². The second-order valence-electron chi connectivity index (χ2n) is 3.96. The zero-order chi connectivity index (χ0) is 13.5. The number of carboxylic acids is 1. The third kappa shape index (κ3) is 6.01. The van der Waals surface area contributed by atoms with E-state index < -0.39 is 17.3 Å². The third-order valence-electron chi connectivity index (χ3n) is 2.49. The van der Waals surface area contributed by atoms with E-state index >= 15 is 0 Å². The molecule has 0 rings (SSSR count). The Morgan fingerprint density at radius 1 is 1.59 bits per heavy atom. The van der Waals surface area contributed by atoms with Crippen LogP contribution in [-0.4, -0.2) is 29.0 Å². The van der Waals surface area contributed by atoms with Crippen LogP contribution in [0.1, 0.15) is 33.1 Å². The van der Waals surface area contributed by atoms with Gasteiger partial charge in [-0.15, -0.1) is 0 Å². The first-order valence-corrected chi connectivity index (χ1v) is 5.45. The number of hydrogen-bond donors (Lipinski definition) is 3. The van der Waals surface area contributed by atoms with E-state index in [1.165, 1.54) is 6.08 Å². The summed E-state index contributed by atoms with van der Waals surface area (Å²) >= 11 is 0. The molecule has 98 valence electrons. The molecule has 0 aliphatic rings. The Balaban J connectivity index is 4.25. The average molecular weight is 245 g/mol. The lowest BCUT2D eigenvalue weighted by atomic mass is 9.92. The minimum absolute atomic E-state index is 0.112. The number of allylic oxidation sites excluding steroid dienone is 1. The maximum Gasteiger partial charge on any atom is 0.323 e. The second kappa shape index (κ2) is 7.01. The van der Waals surface area contributed by atoms with E-state index in [1.54, 1.807) is 13.8 Å². The number of halogens is 1. The monoisotopic (exact) mass is 245 g/mol. The molecule has 0 fully saturated rings. The number of amidine groups is 1. The van der Waals surface area contributed by atoms with Crippen molar-refractivity contribution in [3.05, 3.63) is 11.9 Å². The molecule has 5 nitrogen and oxygen atoms in total. The summed E-state index contributed by atoms with van der Waals surface area (Å²) in [4.78, 5) is 14.6. The largest absolute Gasteiger partial charge is 0.480 e. The van der Waals surface area contributed by atoms with Crippen LogP contribution in [0, 0.1) is 0 Å². The molecule has 0 aromatic heterocycles. The lowest BCUT2D eigenvalue weighted by Gasteiger charge is -2.21. The number of nitrogens with two attached hydrogens (primary N) is 2. The SMILES string of the molecule is CC[C@](N)(CC/C=C(/F)CN=C(C)N)C(=O)O. The van der Waals surface area contributed by atoms with E-state index in [0.29, 0.717) is 12.3 Å². The predicted molar refractivity (Wildman–Crippen MR) is 65.4 cm³/mol. The predicted octanol–water partition coefficient (Wildman–Crippen LogP) is 1.19. The van der Waals surface area contributed by atoms with Gasteiger partial charge in [0.05, 0.1) is 12.4 Å². The van der Waals surface area contributed by atoms with Crippen LogP contribution < -0.4 is 11.5 Å². The van der Waals surface area contributed by atoms with Gasteiger partial charge in [-0.1, -0.05) is 13.0 Å². The summed E-state index contributed by atoms with van der Waals surface area (Å²) in [7, 11) is 0. The normalized spacial score (nSPS) is 16.7. The first-order chi connectivity index (χ1) is 7.81. The van der Waals surface area contributed by atoms with Crippen molar-refractivity contribution in [2.75, 3.05) is 6.54 Å². The van der Waals surface area contributed by atoms with Crippen LogP contribution in [-0.2, 0) is 4.79 Å². The summed E-state index contributed by atoms with van der Waals surface area (Å²) in [6.07, 6.45) is 2.06. The number of hydrogen-bond acceptors (Lipinski definition) is 3. The van der Waals surface area contributed by atoms with E-state index in [1.807, 2.05) is 0 Å². The van der Waals surface area contributed by atoms with E-state index in [0.717, 1.165) is 0 Å². The van der Waals surface area contributed by atoms with E-state index in [4.69, 9.17) is 16.6 Å². The Hall–Kier alpha value is -1.43. The van der Waals surface area contributed by atoms with Gasteiger partial charge in [0.2, 0.25) is 0 Å². The molecule has 0 heterocycles. The molecule has 17 heavy (non-hydrogen) atoms. The highest BCUT2D eigenvalue weighted by Crippen LogP contribution is 2.16. The Morgan fingerprint density at radius 2 is 2.18 bits per heavy atom. The molecule has 0 bridgehead atoms. The summed E-state index contributed by atoms with van der Waals surface area (Å²) in [5.74, 6) is -1.19. The molecular formula is C11H20FN3O2. The molecule has 6 heteroatoms. The molecule has 5 N–H and O–H groups in total. The topological polar surface area (TPSA) is 102 Å². The lowest BCUT2D eigenvalue weighted by molar-refractivity contribution is -0.143. The molecule has 0 saturated carbocycles. The van der Waals surface area contributed by atoms with Gasteiger partial charge in [-0.2, -0.15) is 0 Å². The van der Waals surface area contributed by atoms with Crippen LogP contribution in [0.2, 0.25) is 0 Å². The first-order valence-electron chi connectivity index (χ1n) is 5.45. The van der Waals surface area contributed by atoms with Gasteiger partial charge in [0, 0.05) is 0 Å². The van der Waals surface area contributed by atoms with Gasteiger partial charge < -0.3 is 16.6 Å². The molecule has 0 aliphatic heterocycles. The molecular weight excluding hydrogens is 225 g/mol. The summed E-state index contributed by atoms with van der Waals surface area (Å²) in [5.41, 5.74) is 9.62. The Morgan fingerprint density at radius 3 is 2.59 bits per heavy atom. The molecule has 0 aliphatic carbocycles. The lowest BCUT2D eigenvalue weighted by Crippen LogP contribution is -2.47. The Kier molecular flexibility index (Phi) is 6.42. The highest BCUT2D eigenvalue weighted by Gasteiger charge is 2.30. The van der Waals surface area contributed by atoms with Crippen molar-refractivity contribution in [2.24, 2.45) is 16.5 Å². The van der Waals surface area contributed by atoms with Crippen molar-refractivity contribution in [3.8, 4) is 0 Å². The van der Waals surface area contributed by atoms with Gasteiger partial charge in [-0.3, -0.25) is 9.79 Å². The van der Waals surface area contributed by atoms with Crippen molar-refractivity contribution in [1.82, 2.24) is 0 Å². The van der Waals surface area contributed by atoms with E-state index in [9.17, 15) is 9.18 Å². The van der Waals surface area contributed by atoms with Gasteiger partial charge in [-0.05, 0) is 26.2 Å². The third-order valence-corrected chi connectivity index (χ3v) is 2.49. The van der Waals surface area contributed by atoms with Crippen LogP contribution in [0.3, 0.4) is 0 Å². The summed E-state index contributed by atoms with van der Waals surface area (Å²) in [5, 5.41) is 8.90. The van der Waals surface area contributed by atoms with Crippen molar-refractivity contribution in [3.63, 3.8) is 0 Å². The zero-order valence-electron chi connectivity index (χ0n) is 10.2. The smallest absolute Gasteiger partial charge is 0.323 e. The maximum atomic E-state index is 13.2. The number of aliphatic carboxylic acids is 1. The van der Waals surface area contributed by atoms with Crippen molar-refractivity contribution < 1.29 is 14.3 Å². The minimum atomic E-state index is -1.29. The molecule has 0 amide bonds. The van der Waals surface area contributed by atoms with E-state index in [2.05, 4.69) is 4.99 Å².